The molecule has 82 valence electrons. The fraction of sp³-hybridized carbons (Fsp3) is 0.0769. The van der Waals surface area contributed by atoms with Crippen LogP contribution < -0.4 is 11.5 Å². The maximum absolute atomic E-state index is 13.8. The fourth-order valence-electron chi connectivity index (χ4n) is 1.65. The number of nitrogen functional groups attached to an aromatic ring is 2. The van der Waals surface area contributed by atoms with Crippen LogP contribution in [-0.2, 0) is 0 Å². The Hall–Kier alpha value is -2.03. The van der Waals surface area contributed by atoms with E-state index in [2.05, 4.69) is 0 Å². The van der Waals surface area contributed by atoms with Gasteiger partial charge in [0.1, 0.15) is 5.82 Å². The van der Waals surface area contributed by atoms with Crippen LogP contribution >= 0.6 is 0 Å². The van der Waals surface area contributed by atoms with Crippen molar-refractivity contribution < 1.29 is 4.39 Å². The second-order valence-corrected chi connectivity index (χ2v) is 3.83. The summed E-state index contributed by atoms with van der Waals surface area (Å²) >= 11 is 0. The molecule has 0 saturated carbocycles. The number of rotatable bonds is 1. The fourth-order valence-corrected chi connectivity index (χ4v) is 1.65. The van der Waals surface area contributed by atoms with E-state index in [1.807, 2.05) is 13.0 Å². The van der Waals surface area contributed by atoms with E-state index >= 15 is 0 Å². The van der Waals surface area contributed by atoms with Gasteiger partial charge in [-0.05, 0) is 36.8 Å². The van der Waals surface area contributed by atoms with Gasteiger partial charge in [0.15, 0.2) is 0 Å². The van der Waals surface area contributed by atoms with Gasteiger partial charge in [0.05, 0.1) is 0 Å². The van der Waals surface area contributed by atoms with Crippen LogP contribution in [0.25, 0.3) is 11.1 Å². The lowest BCUT2D eigenvalue weighted by atomic mass is 10.0. The minimum atomic E-state index is -0.280. The number of anilines is 2. The Balaban J connectivity index is 2.62. The van der Waals surface area contributed by atoms with Gasteiger partial charge in [-0.3, -0.25) is 0 Å². The molecule has 0 radical (unpaired) electrons. The molecule has 0 fully saturated rings. The van der Waals surface area contributed by atoms with E-state index in [1.165, 1.54) is 6.07 Å². The Kier molecular flexibility index (Phi) is 2.52. The second-order valence-electron chi connectivity index (χ2n) is 3.83. The van der Waals surface area contributed by atoms with Crippen molar-refractivity contribution in [3.63, 3.8) is 0 Å². The molecule has 2 aromatic carbocycles. The monoisotopic (exact) mass is 216 g/mol. The first kappa shape index (κ1) is 10.5. The molecule has 2 aromatic rings. The second kappa shape index (κ2) is 3.85. The number of aryl methyl sites for hydroxylation is 1. The lowest BCUT2D eigenvalue weighted by molar-refractivity contribution is 0.630. The van der Waals surface area contributed by atoms with Gasteiger partial charge >= 0.3 is 0 Å². The van der Waals surface area contributed by atoms with Crippen LogP contribution in [-0.4, -0.2) is 0 Å². The SMILES string of the molecule is Cc1ccc(-c2cc(N)ccc2N)c(F)c1. The van der Waals surface area contributed by atoms with Crippen LogP contribution in [0.5, 0.6) is 0 Å². The molecular formula is C13H13FN2. The number of halogens is 1. The van der Waals surface area contributed by atoms with E-state index in [0.717, 1.165) is 5.56 Å². The standard InChI is InChI=1S/C13H13FN2/c1-8-2-4-10(12(14)6-8)11-7-9(15)3-5-13(11)16/h2-7H,15-16H2,1H3. The number of benzene rings is 2. The highest BCUT2D eigenvalue weighted by molar-refractivity contribution is 5.79. The van der Waals surface area contributed by atoms with E-state index < -0.39 is 0 Å². The summed E-state index contributed by atoms with van der Waals surface area (Å²) in [7, 11) is 0. The van der Waals surface area contributed by atoms with Crippen molar-refractivity contribution in [2.24, 2.45) is 0 Å². The Morgan fingerprint density at radius 2 is 1.69 bits per heavy atom. The van der Waals surface area contributed by atoms with Crippen molar-refractivity contribution in [3.05, 3.63) is 47.8 Å². The van der Waals surface area contributed by atoms with Crippen molar-refractivity contribution in [2.75, 3.05) is 11.5 Å². The number of nitrogens with two attached hydrogens (primary N) is 2. The highest BCUT2D eigenvalue weighted by atomic mass is 19.1. The normalized spacial score (nSPS) is 10.4. The molecule has 0 aliphatic rings. The summed E-state index contributed by atoms with van der Waals surface area (Å²) in [5, 5.41) is 0. The Morgan fingerprint density at radius 1 is 0.938 bits per heavy atom. The first-order valence-electron chi connectivity index (χ1n) is 4.99. The molecular weight excluding hydrogens is 203 g/mol. The Bertz CT molecular complexity index is 535. The van der Waals surface area contributed by atoms with Crippen molar-refractivity contribution in [1.82, 2.24) is 0 Å². The quantitative estimate of drug-likeness (QED) is 0.720. The third kappa shape index (κ3) is 1.84. The van der Waals surface area contributed by atoms with Crippen LogP contribution in [0, 0.1) is 12.7 Å². The third-order valence-electron chi connectivity index (χ3n) is 2.49. The predicted molar refractivity (Wildman–Crippen MR) is 65.4 cm³/mol. The van der Waals surface area contributed by atoms with Gasteiger partial charge in [-0.2, -0.15) is 0 Å². The van der Waals surface area contributed by atoms with Crippen molar-refractivity contribution in [2.45, 2.75) is 6.92 Å². The Morgan fingerprint density at radius 3 is 2.38 bits per heavy atom. The first-order chi connectivity index (χ1) is 7.58. The van der Waals surface area contributed by atoms with E-state index in [1.54, 1.807) is 24.3 Å². The highest BCUT2D eigenvalue weighted by Gasteiger charge is 2.08. The van der Waals surface area contributed by atoms with Gasteiger partial charge in [-0.1, -0.05) is 12.1 Å². The van der Waals surface area contributed by atoms with Crippen molar-refractivity contribution in [1.29, 1.82) is 0 Å². The molecule has 0 amide bonds. The number of hydrogen-bond donors (Lipinski definition) is 2. The van der Waals surface area contributed by atoms with E-state index in [0.29, 0.717) is 22.5 Å². The Labute approximate surface area is 93.7 Å². The van der Waals surface area contributed by atoms with Crippen molar-refractivity contribution >= 4 is 11.4 Å². The van der Waals surface area contributed by atoms with Gasteiger partial charge in [-0.15, -0.1) is 0 Å². The molecule has 0 spiro atoms. The molecule has 0 aliphatic heterocycles. The molecule has 0 unspecified atom stereocenters. The summed E-state index contributed by atoms with van der Waals surface area (Å²) in [5.74, 6) is -0.280. The molecule has 0 saturated heterocycles. The van der Waals surface area contributed by atoms with Crippen LogP contribution in [0.4, 0.5) is 15.8 Å². The van der Waals surface area contributed by atoms with Crippen LogP contribution in [0.1, 0.15) is 5.56 Å². The average Bonchev–Trinajstić information content (AvgIpc) is 2.22. The molecule has 16 heavy (non-hydrogen) atoms. The molecule has 0 atom stereocenters. The van der Waals surface area contributed by atoms with E-state index in [9.17, 15) is 4.39 Å². The molecule has 0 aromatic heterocycles. The summed E-state index contributed by atoms with van der Waals surface area (Å²) in [6, 6.07) is 10.1. The lowest BCUT2D eigenvalue weighted by Gasteiger charge is -2.08. The summed E-state index contributed by atoms with van der Waals surface area (Å²) in [6.07, 6.45) is 0. The molecule has 2 rings (SSSR count). The van der Waals surface area contributed by atoms with Gasteiger partial charge in [0, 0.05) is 22.5 Å². The van der Waals surface area contributed by atoms with Crippen LogP contribution in [0.3, 0.4) is 0 Å². The topological polar surface area (TPSA) is 52.0 Å². The third-order valence-corrected chi connectivity index (χ3v) is 2.49. The molecule has 0 aliphatic carbocycles. The first-order valence-corrected chi connectivity index (χ1v) is 4.99. The average molecular weight is 216 g/mol. The molecule has 0 bridgehead atoms. The highest BCUT2D eigenvalue weighted by Crippen LogP contribution is 2.30. The smallest absolute Gasteiger partial charge is 0.131 e. The predicted octanol–water partition coefficient (Wildman–Crippen LogP) is 2.97. The maximum atomic E-state index is 13.8. The van der Waals surface area contributed by atoms with Gasteiger partial charge in [0.25, 0.3) is 0 Å². The molecule has 4 N–H and O–H groups in total. The summed E-state index contributed by atoms with van der Waals surface area (Å²) < 4.78 is 13.8. The van der Waals surface area contributed by atoms with Crippen LogP contribution in [0.15, 0.2) is 36.4 Å². The number of hydrogen-bond acceptors (Lipinski definition) is 2. The zero-order valence-corrected chi connectivity index (χ0v) is 9.00. The summed E-state index contributed by atoms with van der Waals surface area (Å²) in [4.78, 5) is 0. The summed E-state index contributed by atoms with van der Waals surface area (Å²) in [5.41, 5.74) is 14.6. The minimum Gasteiger partial charge on any atom is -0.399 e. The largest absolute Gasteiger partial charge is 0.399 e. The van der Waals surface area contributed by atoms with E-state index in [4.69, 9.17) is 11.5 Å². The summed E-state index contributed by atoms with van der Waals surface area (Å²) in [6.45, 7) is 1.84. The van der Waals surface area contributed by atoms with E-state index in [-0.39, 0.29) is 5.82 Å². The lowest BCUT2D eigenvalue weighted by Crippen LogP contribution is -1.95. The molecule has 0 heterocycles. The van der Waals surface area contributed by atoms with Crippen molar-refractivity contribution in [3.8, 4) is 11.1 Å². The maximum Gasteiger partial charge on any atom is 0.131 e. The van der Waals surface area contributed by atoms with Gasteiger partial charge < -0.3 is 11.5 Å². The zero-order valence-electron chi connectivity index (χ0n) is 9.00. The molecule has 3 heteroatoms. The van der Waals surface area contributed by atoms with Gasteiger partial charge in [-0.25, -0.2) is 4.39 Å². The zero-order chi connectivity index (χ0) is 11.7. The molecule has 2 nitrogen and oxygen atoms in total. The van der Waals surface area contributed by atoms with Gasteiger partial charge in [0.2, 0.25) is 0 Å². The minimum absolute atomic E-state index is 0.280. The van der Waals surface area contributed by atoms with Crippen LogP contribution in [0.2, 0.25) is 0 Å².